The fraction of sp³-hybridized carbons (Fsp3) is 0.556. The summed E-state index contributed by atoms with van der Waals surface area (Å²) < 4.78 is 26.4. The number of hydrogen-bond acceptors (Lipinski definition) is 3. The van der Waals surface area contributed by atoms with Gasteiger partial charge in [0.25, 0.3) is 0 Å². The van der Waals surface area contributed by atoms with Crippen molar-refractivity contribution >= 4 is 11.8 Å². The third-order valence-electron chi connectivity index (χ3n) is 2.62. The van der Waals surface area contributed by atoms with Crippen LogP contribution in [0.15, 0.2) is 6.07 Å². The number of nitrogen functional groups attached to an aromatic ring is 1. The van der Waals surface area contributed by atoms with Crippen LogP contribution in [-0.2, 0) is 11.3 Å². The van der Waals surface area contributed by atoms with Crippen molar-refractivity contribution in [2.24, 2.45) is 0 Å². The van der Waals surface area contributed by atoms with Crippen molar-refractivity contribution in [2.45, 2.75) is 31.2 Å². The molecule has 0 unspecified atom stereocenters. The average molecular weight is 231 g/mol. The lowest BCUT2D eigenvalue weighted by Gasteiger charge is -2.33. The van der Waals surface area contributed by atoms with Gasteiger partial charge in [0.15, 0.2) is 0 Å². The molecule has 0 aliphatic heterocycles. The molecule has 88 valence electrons. The van der Waals surface area contributed by atoms with Gasteiger partial charge in [0, 0.05) is 24.8 Å². The minimum absolute atomic E-state index is 0.188. The summed E-state index contributed by atoms with van der Waals surface area (Å²) in [5, 5.41) is 12.5. The fourth-order valence-corrected chi connectivity index (χ4v) is 1.78. The SMILES string of the molecule is Nc1cc(C2CC(F)(F)C2)nn1CC(=O)O. The molecule has 1 heterocycles. The molecule has 0 amide bonds. The van der Waals surface area contributed by atoms with Crippen molar-refractivity contribution in [1.29, 1.82) is 0 Å². The number of nitrogens with zero attached hydrogens (tertiary/aromatic N) is 2. The van der Waals surface area contributed by atoms with Crippen molar-refractivity contribution < 1.29 is 18.7 Å². The van der Waals surface area contributed by atoms with Gasteiger partial charge in [-0.1, -0.05) is 0 Å². The molecule has 0 radical (unpaired) electrons. The van der Waals surface area contributed by atoms with Crippen LogP contribution in [0.5, 0.6) is 0 Å². The second-order valence-electron chi connectivity index (χ2n) is 4.01. The van der Waals surface area contributed by atoms with Crippen LogP contribution in [0.25, 0.3) is 0 Å². The van der Waals surface area contributed by atoms with Gasteiger partial charge < -0.3 is 10.8 Å². The predicted octanol–water partition coefficient (Wildman–Crippen LogP) is 1.06. The summed E-state index contributed by atoms with van der Waals surface area (Å²) in [7, 11) is 0. The van der Waals surface area contributed by atoms with E-state index in [1.807, 2.05) is 0 Å². The van der Waals surface area contributed by atoms with Gasteiger partial charge in [-0.25, -0.2) is 13.5 Å². The van der Waals surface area contributed by atoms with Crippen molar-refractivity contribution in [3.63, 3.8) is 0 Å². The van der Waals surface area contributed by atoms with Crippen LogP contribution < -0.4 is 5.73 Å². The highest BCUT2D eigenvalue weighted by atomic mass is 19.3. The van der Waals surface area contributed by atoms with Crippen LogP contribution in [0.3, 0.4) is 0 Å². The first-order valence-corrected chi connectivity index (χ1v) is 4.80. The summed E-state index contributed by atoms with van der Waals surface area (Å²) in [6.07, 6.45) is -0.479. The van der Waals surface area contributed by atoms with E-state index in [2.05, 4.69) is 5.10 Å². The maximum Gasteiger partial charge on any atom is 0.325 e. The molecule has 5 nitrogen and oxygen atoms in total. The van der Waals surface area contributed by atoms with E-state index in [0.29, 0.717) is 5.69 Å². The van der Waals surface area contributed by atoms with Crippen LogP contribution in [0.4, 0.5) is 14.6 Å². The molecule has 2 rings (SSSR count). The Morgan fingerprint density at radius 3 is 2.81 bits per heavy atom. The van der Waals surface area contributed by atoms with E-state index in [-0.39, 0.29) is 31.1 Å². The third kappa shape index (κ3) is 1.98. The van der Waals surface area contributed by atoms with Gasteiger partial charge in [-0.3, -0.25) is 4.79 Å². The molecule has 16 heavy (non-hydrogen) atoms. The highest BCUT2D eigenvalue weighted by Crippen LogP contribution is 2.47. The van der Waals surface area contributed by atoms with E-state index in [1.165, 1.54) is 6.07 Å². The molecule has 1 aliphatic carbocycles. The quantitative estimate of drug-likeness (QED) is 0.815. The Morgan fingerprint density at radius 1 is 1.69 bits per heavy atom. The van der Waals surface area contributed by atoms with E-state index < -0.39 is 11.9 Å². The van der Waals surface area contributed by atoms with Gasteiger partial charge in [0.1, 0.15) is 12.4 Å². The molecule has 0 spiro atoms. The summed E-state index contributed by atoms with van der Waals surface area (Å²) in [6.45, 7) is -0.352. The minimum atomic E-state index is -2.62. The number of carboxylic acid groups (broad SMARTS) is 1. The molecular formula is C9H11F2N3O2. The molecule has 0 bridgehead atoms. The van der Waals surface area contributed by atoms with E-state index in [9.17, 15) is 13.6 Å². The van der Waals surface area contributed by atoms with Crippen molar-refractivity contribution in [3.05, 3.63) is 11.8 Å². The Labute approximate surface area is 89.8 Å². The van der Waals surface area contributed by atoms with Gasteiger partial charge in [0.2, 0.25) is 5.92 Å². The number of halogens is 2. The largest absolute Gasteiger partial charge is 0.480 e. The topological polar surface area (TPSA) is 81.1 Å². The third-order valence-corrected chi connectivity index (χ3v) is 2.62. The Hall–Kier alpha value is -1.66. The standard InChI is InChI=1S/C9H11F2N3O2/c10-9(11)2-5(3-9)6-1-7(12)14(13-6)4-8(15)16/h1,5H,2-4,12H2,(H,15,16). The normalized spacial score (nSPS) is 19.4. The number of hydrogen-bond donors (Lipinski definition) is 2. The summed E-state index contributed by atoms with van der Waals surface area (Å²) in [5.74, 6) is -3.81. The molecule has 1 aliphatic rings. The molecule has 1 saturated carbocycles. The zero-order valence-electron chi connectivity index (χ0n) is 8.36. The molecule has 1 fully saturated rings. The number of anilines is 1. The lowest BCUT2D eigenvalue weighted by Crippen LogP contribution is -2.34. The first-order chi connectivity index (χ1) is 7.37. The number of alkyl halides is 2. The average Bonchev–Trinajstić information content (AvgIpc) is 2.42. The molecule has 7 heteroatoms. The maximum absolute atomic E-state index is 12.6. The second kappa shape index (κ2) is 3.43. The van der Waals surface area contributed by atoms with Crippen LogP contribution in [-0.4, -0.2) is 26.8 Å². The molecule has 3 N–H and O–H groups in total. The highest BCUT2D eigenvalue weighted by molar-refractivity contribution is 5.67. The molecule has 1 aromatic rings. The van der Waals surface area contributed by atoms with E-state index >= 15 is 0 Å². The van der Waals surface area contributed by atoms with E-state index in [4.69, 9.17) is 10.8 Å². The molecular weight excluding hydrogens is 220 g/mol. The zero-order valence-corrected chi connectivity index (χ0v) is 8.36. The molecule has 0 aromatic carbocycles. The summed E-state index contributed by atoms with van der Waals surface area (Å²) in [4.78, 5) is 10.5. The number of carboxylic acids is 1. The maximum atomic E-state index is 12.6. The van der Waals surface area contributed by atoms with E-state index in [0.717, 1.165) is 4.68 Å². The molecule has 1 aromatic heterocycles. The minimum Gasteiger partial charge on any atom is -0.480 e. The van der Waals surface area contributed by atoms with Crippen LogP contribution >= 0.6 is 0 Å². The molecule has 0 saturated heterocycles. The Kier molecular flexibility index (Phi) is 2.32. The first-order valence-electron chi connectivity index (χ1n) is 4.80. The fourth-order valence-electron chi connectivity index (χ4n) is 1.78. The number of carbonyl (C=O) groups is 1. The summed E-state index contributed by atoms with van der Waals surface area (Å²) >= 11 is 0. The van der Waals surface area contributed by atoms with Gasteiger partial charge in [-0.15, -0.1) is 0 Å². The molecule has 0 atom stereocenters. The second-order valence-corrected chi connectivity index (χ2v) is 4.01. The Bertz CT molecular complexity index is 422. The van der Waals surface area contributed by atoms with Gasteiger partial charge in [-0.2, -0.15) is 5.10 Å². The lowest BCUT2D eigenvalue weighted by molar-refractivity contribution is -0.137. The highest BCUT2D eigenvalue weighted by Gasteiger charge is 2.47. The van der Waals surface area contributed by atoms with Gasteiger partial charge in [-0.05, 0) is 0 Å². The van der Waals surface area contributed by atoms with E-state index in [1.54, 1.807) is 0 Å². The smallest absolute Gasteiger partial charge is 0.325 e. The van der Waals surface area contributed by atoms with Gasteiger partial charge in [0.05, 0.1) is 5.69 Å². The summed E-state index contributed by atoms with van der Waals surface area (Å²) in [5.41, 5.74) is 5.97. The van der Waals surface area contributed by atoms with Crippen molar-refractivity contribution in [2.75, 3.05) is 5.73 Å². The Balaban J connectivity index is 2.10. The van der Waals surface area contributed by atoms with Crippen LogP contribution in [0, 0.1) is 0 Å². The van der Waals surface area contributed by atoms with Gasteiger partial charge >= 0.3 is 5.97 Å². The van der Waals surface area contributed by atoms with Crippen LogP contribution in [0.1, 0.15) is 24.5 Å². The predicted molar refractivity (Wildman–Crippen MR) is 51.2 cm³/mol. The van der Waals surface area contributed by atoms with Crippen molar-refractivity contribution in [1.82, 2.24) is 9.78 Å². The summed E-state index contributed by atoms with van der Waals surface area (Å²) in [6, 6.07) is 1.46. The number of rotatable bonds is 3. The monoisotopic (exact) mass is 231 g/mol. The Morgan fingerprint density at radius 2 is 2.31 bits per heavy atom. The number of aromatic nitrogens is 2. The number of nitrogens with two attached hydrogens (primary N) is 1. The first kappa shape index (κ1) is 10.8. The van der Waals surface area contributed by atoms with Crippen LogP contribution in [0.2, 0.25) is 0 Å². The zero-order chi connectivity index (χ0) is 11.9. The lowest BCUT2D eigenvalue weighted by atomic mass is 9.79. The number of aliphatic carboxylic acids is 1. The van der Waals surface area contributed by atoms with Crippen molar-refractivity contribution in [3.8, 4) is 0 Å².